The average molecular weight is 413 g/mol. The molecule has 30 heavy (non-hydrogen) atoms. The molecule has 0 radical (unpaired) electrons. The first kappa shape index (κ1) is 20.0. The number of hydroxylamine groups is 1. The molecule has 0 unspecified atom stereocenters. The fourth-order valence-corrected chi connectivity index (χ4v) is 3.95. The normalized spacial score (nSPS) is 22.7. The van der Waals surface area contributed by atoms with Gasteiger partial charge in [0.15, 0.2) is 5.82 Å². The zero-order valence-corrected chi connectivity index (χ0v) is 15.7. The largest absolute Gasteiger partial charge is 0.289 e. The van der Waals surface area contributed by atoms with Crippen LogP contribution in [-0.2, 0) is 4.79 Å². The average Bonchev–Trinajstić information content (AvgIpc) is 3.38. The number of hydrogen-bond donors (Lipinski definition) is 2. The molecule has 1 heterocycles. The van der Waals surface area contributed by atoms with Gasteiger partial charge in [0.1, 0.15) is 5.67 Å². The van der Waals surface area contributed by atoms with Gasteiger partial charge in [-0.05, 0) is 11.1 Å². The highest BCUT2D eigenvalue weighted by molar-refractivity contribution is 5.77. The quantitative estimate of drug-likeness (QED) is 0.459. The van der Waals surface area contributed by atoms with Crippen LogP contribution in [0.4, 0.5) is 13.2 Å². The number of hydrogen-bond acceptors (Lipinski definition) is 4. The topological polar surface area (TPSA) is 75.1 Å². The summed E-state index contributed by atoms with van der Waals surface area (Å²) in [6.07, 6.45) is -0.950. The van der Waals surface area contributed by atoms with E-state index < -0.39 is 36.3 Å². The molecule has 1 aliphatic rings. The fraction of sp³-hybridized carbons (Fsp3) is 0.227. The van der Waals surface area contributed by atoms with E-state index in [1.807, 2.05) is 18.2 Å². The number of nitrogens with zero attached hydrogens (tertiary/aromatic N) is 2. The van der Waals surface area contributed by atoms with Crippen molar-refractivity contribution >= 4 is 5.91 Å². The summed E-state index contributed by atoms with van der Waals surface area (Å²) in [4.78, 5) is 19.6. The van der Waals surface area contributed by atoms with Crippen LogP contribution >= 0.6 is 0 Å². The smallest absolute Gasteiger partial charge is 0.266 e. The second-order valence-corrected chi connectivity index (χ2v) is 7.27. The van der Waals surface area contributed by atoms with Crippen LogP contribution in [-0.4, -0.2) is 26.8 Å². The SMILES string of the molecule is O=C(C[C@]1(F)[C@H](c2ccccc2)[C@H]1c1ccc(-c2ncc(C(F)F)cn2)cc1)NO. The maximum absolute atomic E-state index is 15.7. The molecule has 0 spiro atoms. The van der Waals surface area contributed by atoms with Crippen LogP contribution in [0.15, 0.2) is 67.0 Å². The van der Waals surface area contributed by atoms with Crippen LogP contribution in [0, 0.1) is 0 Å². The molecule has 3 aromatic rings. The fourth-order valence-electron chi connectivity index (χ4n) is 3.95. The van der Waals surface area contributed by atoms with E-state index in [1.165, 1.54) is 5.48 Å². The maximum atomic E-state index is 15.7. The molecule has 1 fully saturated rings. The van der Waals surface area contributed by atoms with Gasteiger partial charge in [0, 0.05) is 29.8 Å². The summed E-state index contributed by atoms with van der Waals surface area (Å²) in [5, 5.41) is 8.83. The van der Waals surface area contributed by atoms with Crippen molar-refractivity contribution in [1.82, 2.24) is 15.4 Å². The second kappa shape index (κ2) is 7.87. The van der Waals surface area contributed by atoms with Crippen LogP contribution in [0.3, 0.4) is 0 Å². The number of rotatable bonds is 6. The summed E-state index contributed by atoms with van der Waals surface area (Å²) < 4.78 is 41.0. The summed E-state index contributed by atoms with van der Waals surface area (Å²) in [5.74, 6) is -1.59. The summed E-state index contributed by atoms with van der Waals surface area (Å²) in [7, 11) is 0. The minimum absolute atomic E-state index is 0.261. The van der Waals surface area contributed by atoms with Crippen LogP contribution < -0.4 is 5.48 Å². The van der Waals surface area contributed by atoms with Crippen molar-refractivity contribution in [2.45, 2.75) is 30.4 Å². The lowest BCUT2D eigenvalue weighted by atomic mass is 10.0. The van der Waals surface area contributed by atoms with Crippen molar-refractivity contribution in [3.05, 3.63) is 83.7 Å². The van der Waals surface area contributed by atoms with E-state index >= 15 is 4.39 Å². The van der Waals surface area contributed by atoms with Crippen molar-refractivity contribution in [3.8, 4) is 11.4 Å². The van der Waals surface area contributed by atoms with E-state index in [2.05, 4.69) is 9.97 Å². The first-order valence-corrected chi connectivity index (χ1v) is 9.31. The van der Waals surface area contributed by atoms with Gasteiger partial charge in [0.25, 0.3) is 6.43 Å². The van der Waals surface area contributed by atoms with Crippen LogP contribution in [0.1, 0.15) is 41.4 Å². The Labute approximate surface area is 170 Å². The lowest BCUT2D eigenvalue weighted by Crippen LogP contribution is -2.24. The van der Waals surface area contributed by atoms with Gasteiger partial charge >= 0.3 is 0 Å². The third kappa shape index (κ3) is 3.66. The Morgan fingerprint density at radius 3 is 2.10 bits per heavy atom. The van der Waals surface area contributed by atoms with Gasteiger partial charge < -0.3 is 0 Å². The number of benzene rings is 2. The van der Waals surface area contributed by atoms with Crippen LogP contribution in [0.25, 0.3) is 11.4 Å². The predicted octanol–water partition coefficient (Wildman–Crippen LogP) is 4.57. The van der Waals surface area contributed by atoms with Crippen molar-refractivity contribution < 1.29 is 23.2 Å². The molecule has 2 aromatic carbocycles. The Morgan fingerprint density at radius 2 is 1.57 bits per heavy atom. The van der Waals surface area contributed by atoms with E-state index in [9.17, 15) is 13.6 Å². The minimum Gasteiger partial charge on any atom is -0.289 e. The van der Waals surface area contributed by atoms with Gasteiger partial charge in [-0.25, -0.2) is 28.6 Å². The predicted molar refractivity (Wildman–Crippen MR) is 103 cm³/mol. The number of nitrogens with one attached hydrogen (secondary N) is 1. The summed E-state index contributed by atoms with van der Waals surface area (Å²) in [5.41, 5.74) is 1.47. The number of aromatic nitrogens is 2. The molecule has 1 aromatic heterocycles. The van der Waals surface area contributed by atoms with E-state index in [0.29, 0.717) is 11.1 Å². The van der Waals surface area contributed by atoms with Gasteiger partial charge in [-0.2, -0.15) is 0 Å². The molecule has 1 saturated carbocycles. The Morgan fingerprint density at radius 1 is 1.00 bits per heavy atom. The van der Waals surface area contributed by atoms with Crippen molar-refractivity contribution in [1.29, 1.82) is 0 Å². The summed E-state index contributed by atoms with van der Waals surface area (Å²) >= 11 is 0. The zero-order valence-electron chi connectivity index (χ0n) is 15.7. The first-order chi connectivity index (χ1) is 14.4. The Balaban J connectivity index is 1.61. The molecule has 1 aliphatic carbocycles. The van der Waals surface area contributed by atoms with E-state index in [0.717, 1.165) is 18.0 Å². The van der Waals surface area contributed by atoms with Gasteiger partial charge in [-0.1, -0.05) is 54.6 Å². The molecule has 4 rings (SSSR count). The highest BCUT2D eigenvalue weighted by Gasteiger charge is 2.67. The Bertz CT molecular complexity index is 1030. The number of amides is 1. The number of halogens is 3. The van der Waals surface area contributed by atoms with Crippen molar-refractivity contribution in [3.63, 3.8) is 0 Å². The highest BCUT2D eigenvalue weighted by Crippen LogP contribution is 2.67. The van der Waals surface area contributed by atoms with Crippen molar-refractivity contribution in [2.75, 3.05) is 0 Å². The molecule has 154 valence electrons. The highest BCUT2D eigenvalue weighted by atomic mass is 19.3. The van der Waals surface area contributed by atoms with Crippen LogP contribution in [0.2, 0.25) is 0 Å². The number of carbonyl (C=O) groups excluding carboxylic acids is 1. The third-order valence-corrected chi connectivity index (χ3v) is 5.42. The molecular weight excluding hydrogens is 395 g/mol. The van der Waals surface area contributed by atoms with Crippen LogP contribution in [0.5, 0.6) is 0 Å². The molecular formula is C22H18F3N3O2. The first-order valence-electron chi connectivity index (χ1n) is 9.31. The molecule has 5 nitrogen and oxygen atoms in total. The van der Waals surface area contributed by atoms with E-state index in [-0.39, 0.29) is 11.4 Å². The third-order valence-electron chi connectivity index (χ3n) is 5.42. The molecule has 3 atom stereocenters. The second-order valence-electron chi connectivity index (χ2n) is 7.27. The monoisotopic (exact) mass is 413 g/mol. The van der Waals surface area contributed by atoms with Gasteiger partial charge in [0.05, 0.1) is 12.0 Å². The summed E-state index contributed by atoms with van der Waals surface area (Å²) in [6, 6.07) is 15.9. The van der Waals surface area contributed by atoms with E-state index in [1.54, 1.807) is 36.4 Å². The Hall–Kier alpha value is -3.26. The molecule has 0 bridgehead atoms. The zero-order chi connectivity index (χ0) is 21.3. The van der Waals surface area contributed by atoms with Gasteiger partial charge in [0.2, 0.25) is 5.91 Å². The van der Waals surface area contributed by atoms with Crippen molar-refractivity contribution in [2.24, 2.45) is 0 Å². The minimum atomic E-state index is -2.64. The molecule has 2 N–H and O–H groups in total. The Kier molecular flexibility index (Phi) is 5.26. The van der Waals surface area contributed by atoms with E-state index in [4.69, 9.17) is 5.21 Å². The standard InChI is InChI=1S/C22H18F3N3O2/c23-20(24)16-11-26-21(27-12-16)15-8-6-14(7-9-15)19-18(13-4-2-1-3-5-13)22(19,25)10-17(29)28-30/h1-9,11-12,18-20,30H,10H2,(H,28,29)/t18-,19-,22+/m1/s1. The molecule has 0 aliphatic heterocycles. The molecule has 1 amide bonds. The number of alkyl halides is 3. The maximum Gasteiger partial charge on any atom is 0.266 e. The lowest BCUT2D eigenvalue weighted by Gasteiger charge is -2.07. The van der Waals surface area contributed by atoms with Gasteiger partial charge in [-0.3, -0.25) is 10.0 Å². The number of carbonyl (C=O) groups is 1. The molecule has 8 heteroatoms. The lowest BCUT2D eigenvalue weighted by molar-refractivity contribution is -0.130. The van der Waals surface area contributed by atoms with Gasteiger partial charge in [-0.15, -0.1) is 0 Å². The molecule has 0 saturated heterocycles. The summed E-state index contributed by atoms with van der Waals surface area (Å²) in [6.45, 7) is 0.